The lowest BCUT2D eigenvalue weighted by molar-refractivity contribution is 0.101. The number of imidazole rings is 1. The zero-order valence-corrected chi connectivity index (χ0v) is 15.2. The van der Waals surface area contributed by atoms with Crippen LogP contribution in [0.25, 0.3) is 22.4 Å². The van der Waals surface area contributed by atoms with Crippen LogP contribution >= 0.6 is 0 Å². The number of nitrogens with zero attached hydrogens (tertiary/aromatic N) is 1. The molecule has 7 heteroatoms. The Labute approximate surface area is 165 Å². The molecule has 0 unspecified atom stereocenters. The van der Waals surface area contributed by atoms with E-state index < -0.39 is 0 Å². The van der Waals surface area contributed by atoms with Crippen LogP contribution < -0.4 is 14.8 Å². The number of para-hydroxylation sites is 1. The molecule has 0 aliphatic carbocycles. The predicted octanol–water partition coefficient (Wildman–Crippen LogP) is 4.39. The van der Waals surface area contributed by atoms with Crippen molar-refractivity contribution >= 4 is 22.6 Å². The minimum Gasteiger partial charge on any atom is -0.486 e. The number of anilines is 1. The molecule has 1 aromatic heterocycles. The van der Waals surface area contributed by atoms with Crippen molar-refractivity contribution in [3.8, 4) is 22.9 Å². The van der Waals surface area contributed by atoms with Crippen LogP contribution in [0.5, 0.6) is 11.5 Å². The van der Waals surface area contributed by atoms with E-state index in [-0.39, 0.29) is 11.7 Å². The third-order valence-corrected chi connectivity index (χ3v) is 4.67. The zero-order valence-electron chi connectivity index (χ0n) is 15.2. The summed E-state index contributed by atoms with van der Waals surface area (Å²) in [6.45, 7) is 0.876. The fraction of sp³-hybridized carbons (Fsp3) is 0.0909. The average molecular weight is 389 g/mol. The molecule has 0 atom stereocenters. The highest BCUT2D eigenvalue weighted by atomic mass is 19.1. The number of hydrogen-bond acceptors (Lipinski definition) is 4. The Kier molecular flexibility index (Phi) is 4.13. The molecule has 144 valence electrons. The van der Waals surface area contributed by atoms with Crippen molar-refractivity contribution in [1.29, 1.82) is 0 Å². The molecular weight excluding hydrogens is 373 g/mol. The summed E-state index contributed by atoms with van der Waals surface area (Å²) in [5, 5.41) is 2.87. The van der Waals surface area contributed by atoms with Crippen molar-refractivity contribution in [3.05, 3.63) is 72.0 Å². The van der Waals surface area contributed by atoms with Gasteiger partial charge in [0.15, 0.2) is 11.5 Å². The van der Waals surface area contributed by atoms with E-state index in [4.69, 9.17) is 9.47 Å². The van der Waals surface area contributed by atoms with E-state index in [0.717, 1.165) is 5.56 Å². The van der Waals surface area contributed by atoms with Crippen LogP contribution in [0, 0.1) is 5.82 Å². The molecule has 0 fully saturated rings. The van der Waals surface area contributed by atoms with Crippen LogP contribution in [-0.4, -0.2) is 29.1 Å². The second-order valence-electron chi connectivity index (χ2n) is 6.61. The van der Waals surface area contributed by atoms with Gasteiger partial charge in [-0.2, -0.15) is 0 Å². The van der Waals surface area contributed by atoms with Gasteiger partial charge in [-0.15, -0.1) is 0 Å². The highest BCUT2D eigenvalue weighted by Gasteiger charge is 2.20. The molecule has 6 nitrogen and oxygen atoms in total. The van der Waals surface area contributed by atoms with Crippen LogP contribution in [0.4, 0.5) is 10.1 Å². The van der Waals surface area contributed by atoms with Gasteiger partial charge in [0.1, 0.15) is 24.9 Å². The number of nitrogens with one attached hydrogen (secondary N) is 2. The number of ether oxygens (including phenoxy) is 2. The number of rotatable bonds is 3. The minimum atomic E-state index is -0.316. The van der Waals surface area contributed by atoms with Crippen molar-refractivity contribution in [2.75, 3.05) is 18.5 Å². The largest absolute Gasteiger partial charge is 0.486 e. The van der Waals surface area contributed by atoms with Gasteiger partial charge in [-0.25, -0.2) is 9.37 Å². The predicted molar refractivity (Wildman–Crippen MR) is 107 cm³/mol. The molecule has 5 rings (SSSR count). The molecule has 3 aromatic carbocycles. The van der Waals surface area contributed by atoms with Gasteiger partial charge in [-0.1, -0.05) is 6.07 Å². The van der Waals surface area contributed by atoms with Crippen LogP contribution in [0.2, 0.25) is 0 Å². The Morgan fingerprint density at radius 1 is 1.03 bits per heavy atom. The first-order valence-electron chi connectivity index (χ1n) is 9.13. The molecule has 1 aliphatic heterocycles. The number of aromatic nitrogens is 2. The lowest BCUT2D eigenvalue weighted by Crippen LogP contribution is -2.20. The number of fused-ring (bicyclic) bond motifs is 2. The lowest BCUT2D eigenvalue weighted by Gasteiger charge is -2.20. The topological polar surface area (TPSA) is 76.2 Å². The highest BCUT2D eigenvalue weighted by molar-refractivity contribution is 6.06. The van der Waals surface area contributed by atoms with Crippen molar-refractivity contribution < 1.29 is 18.7 Å². The van der Waals surface area contributed by atoms with Gasteiger partial charge >= 0.3 is 0 Å². The summed E-state index contributed by atoms with van der Waals surface area (Å²) < 4.78 is 24.5. The number of amides is 1. The van der Waals surface area contributed by atoms with Crippen molar-refractivity contribution in [3.63, 3.8) is 0 Å². The summed E-state index contributed by atoms with van der Waals surface area (Å²) in [5.74, 6) is 1.07. The van der Waals surface area contributed by atoms with Crippen LogP contribution in [0.1, 0.15) is 10.4 Å². The fourth-order valence-corrected chi connectivity index (χ4v) is 3.28. The third kappa shape index (κ3) is 3.27. The van der Waals surface area contributed by atoms with Gasteiger partial charge in [-0.3, -0.25) is 4.79 Å². The first kappa shape index (κ1) is 17.2. The molecule has 0 spiro atoms. The maximum absolute atomic E-state index is 13.4. The smallest absolute Gasteiger partial charge is 0.259 e. The Morgan fingerprint density at radius 3 is 2.72 bits per heavy atom. The molecule has 1 aliphatic rings. The van der Waals surface area contributed by atoms with Gasteiger partial charge in [0.25, 0.3) is 5.91 Å². The fourth-order valence-electron chi connectivity index (χ4n) is 3.28. The molecular formula is C22H16FN3O3. The molecule has 2 heterocycles. The van der Waals surface area contributed by atoms with Crippen LogP contribution in [-0.2, 0) is 0 Å². The quantitative estimate of drug-likeness (QED) is 0.545. The molecule has 0 saturated carbocycles. The summed E-state index contributed by atoms with van der Waals surface area (Å²) in [7, 11) is 0. The average Bonchev–Trinajstić information content (AvgIpc) is 3.17. The third-order valence-electron chi connectivity index (χ3n) is 4.67. The Balaban J connectivity index is 1.37. The Bertz CT molecular complexity index is 1220. The molecule has 0 radical (unpaired) electrons. The van der Waals surface area contributed by atoms with Crippen molar-refractivity contribution in [1.82, 2.24) is 9.97 Å². The van der Waals surface area contributed by atoms with Gasteiger partial charge < -0.3 is 19.8 Å². The lowest BCUT2D eigenvalue weighted by atomic mass is 10.1. The number of carbonyl (C=O) groups is 1. The van der Waals surface area contributed by atoms with E-state index >= 15 is 0 Å². The number of benzene rings is 3. The first-order valence-corrected chi connectivity index (χ1v) is 9.13. The SMILES string of the molecule is O=C(Nc1ccc(-c2nc3ccc(F)cc3[nH]2)cc1)c1cccc2c1OCCO2. The minimum absolute atomic E-state index is 0.278. The maximum atomic E-state index is 13.4. The summed E-state index contributed by atoms with van der Waals surface area (Å²) in [6.07, 6.45) is 0. The Morgan fingerprint density at radius 2 is 1.86 bits per heavy atom. The number of carbonyl (C=O) groups excluding carboxylic acids is 1. The van der Waals surface area contributed by atoms with E-state index in [1.54, 1.807) is 36.4 Å². The molecule has 1 amide bonds. The van der Waals surface area contributed by atoms with Gasteiger partial charge in [0.05, 0.1) is 16.6 Å². The Hall–Kier alpha value is -3.87. The number of halogens is 1. The van der Waals surface area contributed by atoms with Crippen LogP contribution in [0.3, 0.4) is 0 Å². The van der Waals surface area contributed by atoms with Crippen molar-refractivity contribution in [2.24, 2.45) is 0 Å². The second-order valence-corrected chi connectivity index (χ2v) is 6.61. The van der Waals surface area contributed by atoms with E-state index in [9.17, 15) is 9.18 Å². The highest BCUT2D eigenvalue weighted by Crippen LogP contribution is 2.34. The monoisotopic (exact) mass is 389 g/mol. The van der Waals surface area contributed by atoms with E-state index in [1.165, 1.54) is 12.1 Å². The molecule has 4 aromatic rings. The second kappa shape index (κ2) is 6.94. The summed E-state index contributed by atoms with van der Waals surface area (Å²) in [6, 6.07) is 16.9. The maximum Gasteiger partial charge on any atom is 0.259 e. The normalized spacial score (nSPS) is 12.7. The van der Waals surface area contributed by atoms with Gasteiger partial charge in [0, 0.05) is 11.3 Å². The van der Waals surface area contributed by atoms with E-state index in [1.807, 2.05) is 12.1 Å². The molecule has 29 heavy (non-hydrogen) atoms. The first-order chi connectivity index (χ1) is 14.2. The summed E-state index contributed by atoms with van der Waals surface area (Å²) in [4.78, 5) is 20.3. The molecule has 2 N–H and O–H groups in total. The van der Waals surface area contributed by atoms with Crippen molar-refractivity contribution in [2.45, 2.75) is 0 Å². The van der Waals surface area contributed by atoms with Crippen LogP contribution in [0.15, 0.2) is 60.7 Å². The number of H-pyrrole nitrogens is 1. The van der Waals surface area contributed by atoms with E-state index in [2.05, 4.69) is 15.3 Å². The van der Waals surface area contributed by atoms with Gasteiger partial charge in [0.2, 0.25) is 0 Å². The van der Waals surface area contributed by atoms with Gasteiger partial charge in [-0.05, 0) is 54.6 Å². The molecule has 0 bridgehead atoms. The zero-order chi connectivity index (χ0) is 19.8. The number of aromatic amines is 1. The standard InChI is InChI=1S/C22H16FN3O3/c23-14-6-9-17-18(12-14)26-21(25-17)13-4-7-15(8-5-13)24-22(27)16-2-1-3-19-20(16)29-11-10-28-19/h1-9,12H,10-11H2,(H,24,27)(H,25,26). The van der Waals surface area contributed by atoms with E-state index in [0.29, 0.717) is 52.8 Å². The summed E-state index contributed by atoms with van der Waals surface area (Å²) >= 11 is 0. The molecule has 0 saturated heterocycles. The summed E-state index contributed by atoms with van der Waals surface area (Å²) in [5.41, 5.74) is 3.21. The number of hydrogen-bond donors (Lipinski definition) is 2.